The lowest BCUT2D eigenvalue weighted by molar-refractivity contribution is 0.0789. The van der Waals surface area contributed by atoms with Crippen LogP contribution in [0.5, 0.6) is 0 Å². The highest BCUT2D eigenvalue weighted by molar-refractivity contribution is 9.10. The highest BCUT2D eigenvalue weighted by Crippen LogP contribution is 2.30. The summed E-state index contributed by atoms with van der Waals surface area (Å²) in [5.74, 6) is 6.37. The Morgan fingerprint density at radius 3 is 3.00 bits per heavy atom. The van der Waals surface area contributed by atoms with Crippen molar-refractivity contribution in [3.8, 4) is 0 Å². The minimum absolute atomic E-state index is 0.0568. The number of rotatable bonds is 4. The Hall–Kier alpha value is -1.14. The zero-order valence-corrected chi connectivity index (χ0v) is 11.2. The minimum atomic E-state index is -0.0568. The van der Waals surface area contributed by atoms with Gasteiger partial charge in [0, 0.05) is 24.3 Å². The Balaban J connectivity index is 2.18. The number of anilines is 1. The van der Waals surface area contributed by atoms with E-state index in [1.165, 1.54) is 12.8 Å². The van der Waals surface area contributed by atoms with Crippen LogP contribution >= 0.6 is 15.9 Å². The number of nitrogens with zero attached hydrogens (tertiary/aromatic N) is 2. The molecular weight excluding hydrogens is 284 g/mol. The summed E-state index contributed by atoms with van der Waals surface area (Å²) < 4.78 is 0.764. The summed E-state index contributed by atoms with van der Waals surface area (Å²) in [6, 6.07) is 1.73. The molecule has 1 fully saturated rings. The van der Waals surface area contributed by atoms with Crippen LogP contribution in [0.2, 0.25) is 0 Å². The number of hydrogen-bond acceptors (Lipinski definition) is 4. The second-order valence-corrected chi connectivity index (χ2v) is 5.24. The number of halogens is 1. The fourth-order valence-electron chi connectivity index (χ4n) is 1.69. The molecule has 1 aromatic heterocycles. The van der Waals surface area contributed by atoms with E-state index in [9.17, 15) is 4.79 Å². The number of carbonyl (C=O) groups is 1. The number of nitrogens with one attached hydrogen (secondary N) is 1. The van der Waals surface area contributed by atoms with Crippen molar-refractivity contribution in [2.45, 2.75) is 12.8 Å². The molecule has 0 spiro atoms. The predicted molar refractivity (Wildman–Crippen MR) is 69.4 cm³/mol. The van der Waals surface area contributed by atoms with Crippen LogP contribution < -0.4 is 11.3 Å². The maximum Gasteiger partial charge on any atom is 0.257 e. The molecule has 0 aliphatic heterocycles. The molecule has 1 heterocycles. The molecule has 17 heavy (non-hydrogen) atoms. The molecule has 0 saturated heterocycles. The average Bonchev–Trinajstić information content (AvgIpc) is 3.11. The van der Waals surface area contributed by atoms with Crippen molar-refractivity contribution >= 4 is 27.7 Å². The van der Waals surface area contributed by atoms with Gasteiger partial charge in [0.2, 0.25) is 0 Å². The molecule has 1 aromatic rings. The molecule has 0 radical (unpaired) electrons. The van der Waals surface area contributed by atoms with Crippen LogP contribution in [-0.4, -0.2) is 29.4 Å². The smallest absolute Gasteiger partial charge is 0.257 e. The molecule has 2 rings (SSSR count). The van der Waals surface area contributed by atoms with Crippen LogP contribution in [0.4, 0.5) is 5.82 Å². The molecule has 0 aromatic carbocycles. The van der Waals surface area contributed by atoms with E-state index in [4.69, 9.17) is 5.84 Å². The fourth-order valence-corrected chi connectivity index (χ4v) is 2.02. The molecule has 0 atom stereocenters. The highest BCUT2D eigenvalue weighted by atomic mass is 79.9. The largest absolute Gasteiger partial charge is 0.341 e. The van der Waals surface area contributed by atoms with E-state index in [0.29, 0.717) is 17.3 Å². The van der Waals surface area contributed by atoms with Crippen molar-refractivity contribution in [3.05, 3.63) is 22.3 Å². The molecule has 5 nitrogen and oxygen atoms in total. The summed E-state index contributed by atoms with van der Waals surface area (Å²) in [5.41, 5.74) is 2.94. The summed E-state index contributed by atoms with van der Waals surface area (Å²) in [4.78, 5) is 18.0. The zero-order valence-electron chi connectivity index (χ0n) is 9.61. The maximum absolute atomic E-state index is 12.2. The number of hydrogen-bond donors (Lipinski definition) is 2. The van der Waals surface area contributed by atoms with Gasteiger partial charge in [0.15, 0.2) is 5.82 Å². The van der Waals surface area contributed by atoms with Gasteiger partial charge in [0.1, 0.15) is 0 Å². The first-order valence-corrected chi connectivity index (χ1v) is 6.28. The van der Waals surface area contributed by atoms with Crippen LogP contribution in [0, 0.1) is 5.92 Å². The SMILES string of the molecule is CN(CC1CC1)C(=O)c1cc(Br)cnc1NN. The van der Waals surface area contributed by atoms with Gasteiger partial charge < -0.3 is 10.3 Å². The molecule has 0 bridgehead atoms. The fraction of sp³-hybridized carbons (Fsp3) is 0.455. The van der Waals surface area contributed by atoms with E-state index in [-0.39, 0.29) is 5.91 Å². The van der Waals surface area contributed by atoms with Gasteiger partial charge in [-0.3, -0.25) is 4.79 Å². The average molecular weight is 299 g/mol. The number of nitrogens with two attached hydrogens (primary N) is 1. The highest BCUT2D eigenvalue weighted by Gasteiger charge is 2.26. The van der Waals surface area contributed by atoms with Crippen LogP contribution in [-0.2, 0) is 0 Å². The van der Waals surface area contributed by atoms with Crippen LogP contribution in [0.15, 0.2) is 16.7 Å². The summed E-state index contributed by atoms with van der Waals surface area (Å²) in [6.45, 7) is 0.801. The summed E-state index contributed by atoms with van der Waals surface area (Å²) in [6.07, 6.45) is 4.04. The Morgan fingerprint density at radius 2 is 2.41 bits per heavy atom. The van der Waals surface area contributed by atoms with Gasteiger partial charge in [-0.05, 0) is 40.8 Å². The first-order valence-electron chi connectivity index (χ1n) is 5.49. The predicted octanol–water partition coefficient (Wildman–Crippen LogP) is 1.61. The third-order valence-corrected chi connectivity index (χ3v) is 3.23. The lowest BCUT2D eigenvalue weighted by atomic mass is 10.2. The maximum atomic E-state index is 12.2. The van der Waals surface area contributed by atoms with Gasteiger partial charge >= 0.3 is 0 Å². The number of nitrogen functional groups attached to an aromatic ring is 1. The van der Waals surface area contributed by atoms with Gasteiger partial charge in [-0.15, -0.1) is 0 Å². The molecule has 6 heteroatoms. The van der Waals surface area contributed by atoms with Crippen molar-refractivity contribution in [1.29, 1.82) is 0 Å². The van der Waals surface area contributed by atoms with E-state index >= 15 is 0 Å². The van der Waals surface area contributed by atoms with Crippen LogP contribution in [0.1, 0.15) is 23.2 Å². The van der Waals surface area contributed by atoms with Crippen molar-refractivity contribution < 1.29 is 4.79 Å². The molecule has 92 valence electrons. The standard InChI is InChI=1S/C11H15BrN4O/c1-16(6-7-2-3-7)11(17)9-4-8(12)5-14-10(9)15-13/h4-5,7H,2-3,6,13H2,1H3,(H,14,15). The van der Waals surface area contributed by atoms with E-state index in [1.54, 1.807) is 17.2 Å². The Kier molecular flexibility index (Phi) is 3.63. The lowest BCUT2D eigenvalue weighted by Crippen LogP contribution is -2.30. The zero-order chi connectivity index (χ0) is 12.4. The first kappa shape index (κ1) is 12.3. The second-order valence-electron chi connectivity index (χ2n) is 4.32. The van der Waals surface area contributed by atoms with E-state index in [2.05, 4.69) is 26.3 Å². The third kappa shape index (κ3) is 2.95. The Morgan fingerprint density at radius 1 is 1.71 bits per heavy atom. The molecule has 0 unspecified atom stereocenters. The summed E-state index contributed by atoms with van der Waals surface area (Å²) in [7, 11) is 1.81. The minimum Gasteiger partial charge on any atom is -0.341 e. The van der Waals surface area contributed by atoms with Crippen LogP contribution in [0.25, 0.3) is 0 Å². The molecule has 1 aliphatic rings. The first-order chi connectivity index (χ1) is 8.11. The van der Waals surface area contributed by atoms with Crippen molar-refractivity contribution in [2.75, 3.05) is 19.0 Å². The summed E-state index contributed by atoms with van der Waals surface area (Å²) in [5, 5.41) is 0. The number of carbonyl (C=O) groups excluding carboxylic acids is 1. The number of hydrazine groups is 1. The van der Waals surface area contributed by atoms with Gasteiger partial charge in [0.05, 0.1) is 5.56 Å². The van der Waals surface area contributed by atoms with Gasteiger partial charge in [-0.25, -0.2) is 10.8 Å². The van der Waals surface area contributed by atoms with Crippen molar-refractivity contribution in [3.63, 3.8) is 0 Å². The van der Waals surface area contributed by atoms with Crippen LogP contribution in [0.3, 0.4) is 0 Å². The van der Waals surface area contributed by atoms with Crippen molar-refractivity contribution in [2.24, 2.45) is 11.8 Å². The molecule has 1 saturated carbocycles. The van der Waals surface area contributed by atoms with Gasteiger partial charge in [-0.2, -0.15) is 0 Å². The Bertz CT molecular complexity index is 433. The number of amides is 1. The molecule has 1 aliphatic carbocycles. The van der Waals surface area contributed by atoms with Gasteiger partial charge in [-0.1, -0.05) is 0 Å². The van der Waals surface area contributed by atoms with E-state index in [1.807, 2.05) is 7.05 Å². The molecule has 3 N–H and O–H groups in total. The quantitative estimate of drug-likeness (QED) is 0.654. The Labute approximate surface area is 108 Å². The third-order valence-electron chi connectivity index (χ3n) is 2.80. The monoisotopic (exact) mass is 298 g/mol. The molecular formula is C11H15BrN4O. The van der Waals surface area contributed by atoms with Crippen molar-refractivity contribution in [1.82, 2.24) is 9.88 Å². The topological polar surface area (TPSA) is 71.2 Å². The van der Waals surface area contributed by atoms with E-state index < -0.39 is 0 Å². The normalized spacial score (nSPS) is 14.5. The van der Waals surface area contributed by atoms with Gasteiger partial charge in [0.25, 0.3) is 5.91 Å². The number of pyridine rings is 1. The molecule has 1 amide bonds. The number of aromatic nitrogens is 1. The summed E-state index contributed by atoms with van der Waals surface area (Å²) >= 11 is 3.30. The second kappa shape index (κ2) is 5.01. The lowest BCUT2D eigenvalue weighted by Gasteiger charge is -2.18. The van der Waals surface area contributed by atoms with E-state index in [0.717, 1.165) is 11.0 Å².